The summed E-state index contributed by atoms with van der Waals surface area (Å²) < 4.78 is 23.4. The molecule has 7 heteroatoms. The Bertz CT molecular complexity index is 855. The first-order chi connectivity index (χ1) is 11.8. The molecular formula is C18H25N3O2S2. The SMILES string of the molecule is CCNC(=NCc1ccc(S(C)(=O)=O)c(C)c1)NCc1sccc1C. The van der Waals surface area contributed by atoms with E-state index in [4.69, 9.17) is 0 Å². The van der Waals surface area contributed by atoms with Gasteiger partial charge in [-0.05, 0) is 55.0 Å². The van der Waals surface area contributed by atoms with Crippen molar-refractivity contribution in [2.75, 3.05) is 12.8 Å². The summed E-state index contributed by atoms with van der Waals surface area (Å²) in [4.78, 5) is 6.26. The smallest absolute Gasteiger partial charge is 0.191 e. The van der Waals surface area contributed by atoms with E-state index in [2.05, 4.69) is 34.0 Å². The van der Waals surface area contributed by atoms with Crippen LogP contribution in [0.5, 0.6) is 0 Å². The van der Waals surface area contributed by atoms with Gasteiger partial charge in [0.05, 0.1) is 18.0 Å². The number of hydrogen-bond donors (Lipinski definition) is 2. The normalized spacial score (nSPS) is 12.2. The van der Waals surface area contributed by atoms with Crippen LogP contribution in [0.2, 0.25) is 0 Å². The van der Waals surface area contributed by atoms with Crippen LogP contribution in [0.4, 0.5) is 0 Å². The van der Waals surface area contributed by atoms with Crippen molar-refractivity contribution in [3.63, 3.8) is 0 Å². The minimum atomic E-state index is -3.19. The first kappa shape index (κ1) is 19.5. The Morgan fingerprint density at radius 3 is 2.48 bits per heavy atom. The zero-order valence-electron chi connectivity index (χ0n) is 15.1. The minimum Gasteiger partial charge on any atom is -0.357 e. The van der Waals surface area contributed by atoms with Gasteiger partial charge < -0.3 is 10.6 Å². The predicted octanol–water partition coefficient (Wildman–Crippen LogP) is 3.02. The third-order valence-electron chi connectivity index (χ3n) is 3.79. The fourth-order valence-electron chi connectivity index (χ4n) is 2.49. The van der Waals surface area contributed by atoms with Gasteiger partial charge in [0.2, 0.25) is 0 Å². The van der Waals surface area contributed by atoms with Gasteiger partial charge in [0, 0.05) is 17.7 Å². The molecule has 2 N–H and O–H groups in total. The fraction of sp³-hybridized carbons (Fsp3) is 0.389. The van der Waals surface area contributed by atoms with Crippen molar-refractivity contribution in [1.29, 1.82) is 0 Å². The standard InChI is InChI=1S/C18H25N3O2S2/c1-5-19-18(21-12-16-13(2)8-9-24-16)20-11-15-6-7-17(14(3)10-15)25(4,22)23/h6-10H,5,11-12H2,1-4H3,(H2,19,20,21). The van der Waals surface area contributed by atoms with Crippen LogP contribution in [0, 0.1) is 13.8 Å². The average molecular weight is 380 g/mol. The second-order valence-corrected chi connectivity index (χ2v) is 8.93. The van der Waals surface area contributed by atoms with E-state index in [1.54, 1.807) is 17.4 Å². The Kier molecular flexibility index (Phi) is 6.61. The molecule has 0 aliphatic rings. The third-order valence-corrected chi connectivity index (χ3v) is 6.07. The van der Waals surface area contributed by atoms with Gasteiger partial charge >= 0.3 is 0 Å². The van der Waals surface area contributed by atoms with Gasteiger partial charge in [0.15, 0.2) is 15.8 Å². The molecule has 0 saturated carbocycles. The molecule has 136 valence electrons. The minimum absolute atomic E-state index is 0.374. The summed E-state index contributed by atoms with van der Waals surface area (Å²) in [6.07, 6.45) is 1.23. The molecule has 0 saturated heterocycles. The van der Waals surface area contributed by atoms with Crippen LogP contribution in [0.15, 0.2) is 39.5 Å². The molecule has 0 aliphatic carbocycles. The molecule has 0 atom stereocenters. The van der Waals surface area contributed by atoms with Gasteiger partial charge in [0.25, 0.3) is 0 Å². The zero-order valence-corrected chi connectivity index (χ0v) is 16.7. The maximum Gasteiger partial charge on any atom is 0.191 e. The van der Waals surface area contributed by atoms with E-state index < -0.39 is 9.84 Å². The van der Waals surface area contributed by atoms with E-state index >= 15 is 0 Å². The van der Waals surface area contributed by atoms with Crippen molar-refractivity contribution in [3.05, 3.63) is 51.2 Å². The number of rotatable bonds is 6. The van der Waals surface area contributed by atoms with Gasteiger partial charge in [-0.1, -0.05) is 12.1 Å². The number of nitrogens with one attached hydrogen (secondary N) is 2. The summed E-state index contributed by atoms with van der Waals surface area (Å²) in [5, 5.41) is 8.66. The lowest BCUT2D eigenvalue weighted by Gasteiger charge is -2.11. The lowest BCUT2D eigenvalue weighted by Crippen LogP contribution is -2.36. The predicted molar refractivity (Wildman–Crippen MR) is 105 cm³/mol. The van der Waals surface area contributed by atoms with Crippen molar-refractivity contribution in [2.24, 2.45) is 4.99 Å². The van der Waals surface area contributed by atoms with E-state index in [1.807, 2.05) is 26.0 Å². The Hall–Kier alpha value is -1.86. The van der Waals surface area contributed by atoms with Gasteiger partial charge in [0.1, 0.15) is 0 Å². The quantitative estimate of drug-likeness (QED) is 0.598. The zero-order chi connectivity index (χ0) is 18.4. The first-order valence-corrected chi connectivity index (χ1v) is 10.9. The van der Waals surface area contributed by atoms with E-state index in [-0.39, 0.29) is 0 Å². The van der Waals surface area contributed by atoms with Crippen LogP contribution in [0.1, 0.15) is 28.5 Å². The highest BCUT2D eigenvalue weighted by Crippen LogP contribution is 2.17. The van der Waals surface area contributed by atoms with Crippen LogP contribution in [-0.2, 0) is 22.9 Å². The largest absolute Gasteiger partial charge is 0.357 e. The summed E-state index contributed by atoms with van der Waals surface area (Å²) in [6.45, 7) is 7.95. The Morgan fingerprint density at radius 1 is 1.16 bits per heavy atom. The third kappa shape index (κ3) is 5.57. The highest BCUT2D eigenvalue weighted by Gasteiger charge is 2.10. The van der Waals surface area contributed by atoms with Gasteiger partial charge in [-0.3, -0.25) is 0 Å². The van der Waals surface area contributed by atoms with Crippen molar-refractivity contribution < 1.29 is 8.42 Å². The van der Waals surface area contributed by atoms with Crippen molar-refractivity contribution in [2.45, 2.75) is 38.8 Å². The molecule has 0 amide bonds. The lowest BCUT2D eigenvalue weighted by molar-refractivity contribution is 0.601. The highest BCUT2D eigenvalue weighted by atomic mass is 32.2. The van der Waals surface area contributed by atoms with Crippen molar-refractivity contribution in [3.8, 4) is 0 Å². The summed E-state index contributed by atoms with van der Waals surface area (Å²) in [6, 6.07) is 7.47. The maximum absolute atomic E-state index is 11.7. The molecule has 0 fully saturated rings. The number of sulfone groups is 1. The Labute approximate surface area is 154 Å². The second kappa shape index (κ2) is 8.49. The number of hydrogen-bond acceptors (Lipinski definition) is 4. The number of guanidine groups is 1. The summed E-state index contributed by atoms with van der Waals surface area (Å²) in [5.74, 6) is 0.750. The monoisotopic (exact) mass is 379 g/mol. The highest BCUT2D eigenvalue weighted by molar-refractivity contribution is 7.90. The van der Waals surface area contributed by atoms with Crippen molar-refractivity contribution in [1.82, 2.24) is 10.6 Å². The van der Waals surface area contributed by atoms with E-state index in [0.717, 1.165) is 30.2 Å². The molecule has 0 unspecified atom stereocenters. The molecule has 5 nitrogen and oxygen atoms in total. The summed E-state index contributed by atoms with van der Waals surface area (Å²) >= 11 is 1.73. The summed E-state index contributed by atoms with van der Waals surface area (Å²) in [7, 11) is -3.19. The van der Waals surface area contributed by atoms with Crippen LogP contribution >= 0.6 is 11.3 Å². The summed E-state index contributed by atoms with van der Waals surface area (Å²) in [5.41, 5.74) is 3.01. The Balaban J connectivity index is 2.08. The molecule has 2 rings (SSSR count). The van der Waals surface area contributed by atoms with Crippen LogP contribution in [0.25, 0.3) is 0 Å². The lowest BCUT2D eigenvalue weighted by atomic mass is 10.1. The molecule has 0 radical (unpaired) electrons. The molecule has 0 aliphatic heterocycles. The van der Waals surface area contributed by atoms with Crippen LogP contribution < -0.4 is 10.6 Å². The maximum atomic E-state index is 11.7. The number of aliphatic imine (C=N–C) groups is 1. The molecule has 1 heterocycles. The topological polar surface area (TPSA) is 70.6 Å². The molecule has 25 heavy (non-hydrogen) atoms. The molecule has 0 bridgehead atoms. The number of nitrogens with zero attached hydrogens (tertiary/aromatic N) is 1. The van der Waals surface area contributed by atoms with Gasteiger partial charge in [-0.25, -0.2) is 13.4 Å². The molecule has 0 spiro atoms. The van der Waals surface area contributed by atoms with E-state index in [9.17, 15) is 8.42 Å². The molecule has 1 aromatic carbocycles. The first-order valence-electron chi connectivity index (χ1n) is 8.16. The van der Waals surface area contributed by atoms with E-state index in [0.29, 0.717) is 11.4 Å². The average Bonchev–Trinajstić information content (AvgIpc) is 2.94. The molecule has 2 aromatic rings. The number of benzene rings is 1. The van der Waals surface area contributed by atoms with Crippen LogP contribution in [-0.4, -0.2) is 27.2 Å². The number of thiophene rings is 1. The van der Waals surface area contributed by atoms with Gasteiger partial charge in [-0.15, -0.1) is 11.3 Å². The molecular weight excluding hydrogens is 354 g/mol. The van der Waals surface area contributed by atoms with Crippen LogP contribution in [0.3, 0.4) is 0 Å². The van der Waals surface area contributed by atoms with Gasteiger partial charge in [-0.2, -0.15) is 0 Å². The van der Waals surface area contributed by atoms with E-state index in [1.165, 1.54) is 16.7 Å². The van der Waals surface area contributed by atoms with Crippen molar-refractivity contribution >= 4 is 27.1 Å². The fourth-order valence-corrected chi connectivity index (χ4v) is 4.29. The second-order valence-electron chi connectivity index (χ2n) is 5.95. The molecule has 1 aromatic heterocycles. The Morgan fingerprint density at radius 2 is 1.92 bits per heavy atom. The number of aryl methyl sites for hydroxylation is 2.